The normalized spacial score (nSPS) is 13.9. The van der Waals surface area contributed by atoms with Gasteiger partial charge in [-0.3, -0.25) is 14.4 Å². The van der Waals surface area contributed by atoms with Crippen molar-refractivity contribution in [2.24, 2.45) is 0 Å². The van der Waals surface area contributed by atoms with Crippen LogP contribution in [0.2, 0.25) is 0 Å². The lowest BCUT2D eigenvalue weighted by Crippen LogP contribution is -2.49. The fraction of sp³-hybridized carbons (Fsp3) is 0.375. The smallest absolute Gasteiger partial charge is 0.251 e. The summed E-state index contributed by atoms with van der Waals surface area (Å²) < 4.78 is 10.5. The van der Waals surface area contributed by atoms with Gasteiger partial charge in [-0.1, -0.05) is 24.3 Å². The number of likely N-dealkylation sites (tertiary alicyclic amines) is 1. The summed E-state index contributed by atoms with van der Waals surface area (Å²) in [6.45, 7) is 1.08. The van der Waals surface area contributed by atoms with Crippen molar-refractivity contribution < 1.29 is 23.9 Å². The van der Waals surface area contributed by atoms with E-state index < -0.39 is 0 Å². The number of carbonyl (C=O) groups is 3. The molecular formula is C24H29N3O5. The van der Waals surface area contributed by atoms with Crippen LogP contribution in [0.15, 0.2) is 48.5 Å². The third-order valence-corrected chi connectivity index (χ3v) is 5.46. The molecule has 0 spiro atoms. The Balaban J connectivity index is 1.41. The summed E-state index contributed by atoms with van der Waals surface area (Å²) in [6.07, 6.45) is 1.63. The molecule has 0 unspecified atom stereocenters. The SMILES string of the molecule is COc1ccc(CC(=O)N2CCC(NC(=O)CNC(=O)c3ccccc3)CC2)cc1OC. The first-order valence-corrected chi connectivity index (χ1v) is 10.6. The van der Waals surface area contributed by atoms with Crippen molar-refractivity contribution in [2.75, 3.05) is 33.9 Å². The van der Waals surface area contributed by atoms with Crippen molar-refractivity contribution in [1.29, 1.82) is 0 Å². The molecule has 1 saturated heterocycles. The average molecular weight is 440 g/mol. The van der Waals surface area contributed by atoms with Gasteiger partial charge in [-0.25, -0.2) is 0 Å². The number of hydrogen-bond donors (Lipinski definition) is 2. The molecule has 32 heavy (non-hydrogen) atoms. The highest BCUT2D eigenvalue weighted by Gasteiger charge is 2.24. The Kier molecular flexibility index (Phi) is 8.08. The van der Waals surface area contributed by atoms with Gasteiger partial charge in [0.1, 0.15) is 0 Å². The van der Waals surface area contributed by atoms with E-state index in [9.17, 15) is 14.4 Å². The zero-order valence-corrected chi connectivity index (χ0v) is 18.4. The van der Waals surface area contributed by atoms with E-state index in [1.165, 1.54) is 0 Å². The lowest BCUT2D eigenvalue weighted by atomic mass is 10.0. The van der Waals surface area contributed by atoms with Gasteiger partial charge >= 0.3 is 0 Å². The maximum absolute atomic E-state index is 12.7. The van der Waals surface area contributed by atoms with Gasteiger partial charge in [-0.05, 0) is 42.7 Å². The third-order valence-electron chi connectivity index (χ3n) is 5.46. The minimum absolute atomic E-state index is 0.0127. The van der Waals surface area contributed by atoms with Crippen molar-refractivity contribution >= 4 is 17.7 Å². The molecule has 0 atom stereocenters. The van der Waals surface area contributed by atoms with Crippen LogP contribution in [-0.2, 0) is 16.0 Å². The first-order chi connectivity index (χ1) is 15.5. The number of nitrogens with zero attached hydrogens (tertiary/aromatic N) is 1. The number of rotatable bonds is 8. The van der Waals surface area contributed by atoms with Crippen LogP contribution in [0.1, 0.15) is 28.8 Å². The Morgan fingerprint density at radius 3 is 2.31 bits per heavy atom. The molecule has 2 aromatic rings. The van der Waals surface area contributed by atoms with Gasteiger partial charge in [0.25, 0.3) is 5.91 Å². The first-order valence-electron chi connectivity index (χ1n) is 10.6. The van der Waals surface area contributed by atoms with E-state index in [0.29, 0.717) is 43.0 Å². The monoisotopic (exact) mass is 439 g/mol. The second kappa shape index (κ2) is 11.2. The van der Waals surface area contributed by atoms with E-state index in [0.717, 1.165) is 5.56 Å². The van der Waals surface area contributed by atoms with Gasteiger partial charge in [0.2, 0.25) is 11.8 Å². The predicted octanol–water partition coefficient (Wildman–Crippen LogP) is 1.78. The number of piperidine rings is 1. The molecule has 1 aliphatic rings. The zero-order chi connectivity index (χ0) is 22.9. The largest absolute Gasteiger partial charge is 0.493 e. The highest BCUT2D eigenvalue weighted by Crippen LogP contribution is 2.28. The fourth-order valence-electron chi connectivity index (χ4n) is 3.68. The predicted molar refractivity (Wildman–Crippen MR) is 120 cm³/mol. The standard InChI is InChI=1S/C24H29N3O5/c1-31-20-9-8-17(14-21(20)32-2)15-23(29)27-12-10-19(11-13-27)26-22(28)16-25-24(30)18-6-4-3-5-7-18/h3-9,14,19H,10-13,15-16H2,1-2H3,(H,25,30)(H,26,28). The van der Waals surface area contributed by atoms with Crippen molar-refractivity contribution in [1.82, 2.24) is 15.5 Å². The summed E-state index contributed by atoms with van der Waals surface area (Å²) in [5.74, 6) is 0.747. The van der Waals surface area contributed by atoms with E-state index in [4.69, 9.17) is 9.47 Å². The van der Waals surface area contributed by atoms with Gasteiger partial charge < -0.3 is 25.0 Å². The summed E-state index contributed by atoms with van der Waals surface area (Å²) in [4.78, 5) is 38.7. The summed E-state index contributed by atoms with van der Waals surface area (Å²) in [7, 11) is 3.14. The molecule has 0 saturated carbocycles. The van der Waals surface area contributed by atoms with Crippen LogP contribution in [0.5, 0.6) is 11.5 Å². The molecule has 3 rings (SSSR count). The lowest BCUT2D eigenvalue weighted by molar-refractivity contribution is -0.131. The maximum Gasteiger partial charge on any atom is 0.251 e. The maximum atomic E-state index is 12.7. The van der Waals surface area contributed by atoms with Crippen molar-refractivity contribution in [3.8, 4) is 11.5 Å². The number of benzene rings is 2. The summed E-state index contributed by atoms with van der Waals surface area (Å²) in [6, 6.07) is 14.2. The van der Waals surface area contributed by atoms with Crippen LogP contribution < -0.4 is 20.1 Å². The Labute approximate surface area is 187 Å². The van der Waals surface area contributed by atoms with Gasteiger partial charge in [-0.2, -0.15) is 0 Å². The number of hydrogen-bond acceptors (Lipinski definition) is 5. The van der Waals surface area contributed by atoms with Crippen LogP contribution in [0.25, 0.3) is 0 Å². The molecule has 170 valence electrons. The molecule has 8 nitrogen and oxygen atoms in total. The van der Waals surface area contributed by atoms with E-state index in [2.05, 4.69) is 10.6 Å². The molecule has 0 aliphatic carbocycles. The zero-order valence-electron chi connectivity index (χ0n) is 18.4. The van der Waals surface area contributed by atoms with Crippen LogP contribution in [0.3, 0.4) is 0 Å². The molecule has 0 aromatic heterocycles. The van der Waals surface area contributed by atoms with Crippen LogP contribution >= 0.6 is 0 Å². The number of ether oxygens (including phenoxy) is 2. The molecule has 1 heterocycles. The highest BCUT2D eigenvalue weighted by molar-refractivity contribution is 5.96. The Morgan fingerprint density at radius 2 is 1.66 bits per heavy atom. The molecule has 0 radical (unpaired) electrons. The molecule has 1 aliphatic heterocycles. The molecule has 2 N–H and O–H groups in total. The van der Waals surface area contributed by atoms with E-state index in [1.807, 2.05) is 23.1 Å². The second-order valence-electron chi connectivity index (χ2n) is 7.64. The summed E-state index contributed by atoms with van der Waals surface area (Å²) in [5.41, 5.74) is 1.37. The van der Waals surface area contributed by atoms with Crippen molar-refractivity contribution in [3.05, 3.63) is 59.7 Å². The Hall–Kier alpha value is -3.55. The van der Waals surface area contributed by atoms with Crippen molar-refractivity contribution in [2.45, 2.75) is 25.3 Å². The third kappa shape index (κ3) is 6.23. The molecule has 8 heteroatoms. The van der Waals surface area contributed by atoms with Crippen molar-refractivity contribution in [3.63, 3.8) is 0 Å². The fourth-order valence-corrected chi connectivity index (χ4v) is 3.68. The van der Waals surface area contributed by atoms with Crippen LogP contribution in [-0.4, -0.2) is 62.5 Å². The lowest BCUT2D eigenvalue weighted by Gasteiger charge is -2.32. The molecular weight excluding hydrogens is 410 g/mol. The molecule has 1 fully saturated rings. The number of methoxy groups -OCH3 is 2. The minimum atomic E-state index is -0.281. The van der Waals surface area contributed by atoms with E-state index >= 15 is 0 Å². The van der Waals surface area contributed by atoms with Gasteiger partial charge in [0.05, 0.1) is 27.2 Å². The van der Waals surface area contributed by atoms with Gasteiger partial charge in [0, 0.05) is 24.7 Å². The molecule has 2 aromatic carbocycles. The van der Waals surface area contributed by atoms with E-state index in [-0.39, 0.29) is 36.7 Å². The minimum Gasteiger partial charge on any atom is -0.493 e. The van der Waals surface area contributed by atoms with Gasteiger partial charge in [-0.15, -0.1) is 0 Å². The van der Waals surface area contributed by atoms with E-state index in [1.54, 1.807) is 44.6 Å². The number of carbonyl (C=O) groups excluding carboxylic acids is 3. The molecule has 0 bridgehead atoms. The van der Waals surface area contributed by atoms with Gasteiger partial charge in [0.15, 0.2) is 11.5 Å². The summed E-state index contributed by atoms with van der Waals surface area (Å²) in [5, 5.41) is 5.57. The second-order valence-corrected chi connectivity index (χ2v) is 7.64. The average Bonchev–Trinajstić information content (AvgIpc) is 2.83. The number of amides is 3. The number of nitrogens with one attached hydrogen (secondary N) is 2. The first kappa shape index (κ1) is 23.1. The molecule has 3 amide bonds. The summed E-state index contributed by atoms with van der Waals surface area (Å²) >= 11 is 0. The van der Waals surface area contributed by atoms with Crippen LogP contribution in [0.4, 0.5) is 0 Å². The Morgan fingerprint density at radius 1 is 0.969 bits per heavy atom. The van der Waals surface area contributed by atoms with Crippen LogP contribution in [0, 0.1) is 0 Å². The Bertz CT molecular complexity index is 940. The topological polar surface area (TPSA) is 97.0 Å². The quantitative estimate of drug-likeness (QED) is 0.654. The highest BCUT2D eigenvalue weighted by atomic mass is 16.5.